The van der Waals surface area contributed by atoms with E-state index in [1.165, 1.54) is 25.7 Å². The van der Waals surface area contributed by atoms with Gasteiger partial charge >= 0.3 is 0 Å². The minimum atomic E-state index is -0.881. The van der Waals surface area contributed by atoms with Gasteiger partial charge in [0.15, 0.2) is 0 Å². The second-order valence-electron chi connectivity index (χ2n) is 6.68. The zero-order chi connectivity index (χ0) is 16.2. The monoisotopic (exact) mass is 334 g/mol. The smallest absolute Gasteiger partial charge is 0.253 e. The van der Waals surface area contributed by atoms with E-state index in [9.17, 15) is 9.00 Å². The predicted octanol–water partition coefficient (Wildman–Crippen LogP) is 2.27. The van der Waals surface area contributed by atoms with Gasteiger partial charge in [0.2, 0.25) is 0 Å². The molecule has 1 aliphatic carbocycles. The number of benzene rings is 1. The van der Waals surface area contributed by atoms with Crippen LogP contribution in [-0.4, -0.2) is 58.4 Å². The zero-order valence-corrected chi connectivity index (χ0v) is 14.7. The summed E-state index contributed by atoms with van der Waals surface area (Å²) in [6.45, 7) is 3.63. The van der Waals surface area contributed by atoms with Crippen molar-refractivity contribution >= 4 is 16.7 Å². The molecule has 1 aromatic carbocycles. The molecule has 1 aliphatic heterocycles. The van der Waals surface area contributed by atoms with Crippen molar-refractivity contribution in [2.75, 3.05) is 32.4 Å². The molecule has 0 N–H and O–H groups in total. The molecule has 3 rings (SSSR count). The molecule has 5 heteroatoms. The van der Waals surface area contributed by atoms with Crippen LogP contribution in [0.5, 0.6) is 0 Å². The molecule has 0 radical (unpaired) electrons. The fraction of sp³-hybridized carbons (Fsp3) is 0.611. The standard InChI is InChI=1S/C18H26N2O2S/c1-23(22)14-15-5-4-6-16(13-15)18(21)20-11-9-19(10-12-20)17-7-2-3-8-17/h4-6,13,17H,2-3,7-12,14H2,1H3. The normalized spacial score (nSPS) is 21.5. The van der Waals surface area contributed by atoms with Crippen LogP contribution in [0.25, 0.3) is 0 Å². The van der Waals surface area contributed by atoms with Crippen molar-refractivity contribution in [1.82, 2.24) is 9.80 Å². The SMILES string of the molecule is CS(=O)Cc1cccc(C(=O)N2CCN(C3CCCC3)CC2)c1. The maximum absolute atomic E-state index is 12.7. The number of carbonyl (C=O) groups is 1. The van der Waals surface area contributed by atoms with Crippen LogP contribution < -0.4 is 0 Å². The van der Waals surface area contributed by atoms with Crippen molar-refractivity contribution in [3.05, 3.63) is 35.4 Å². The van der Waals surface area contributed by atoms with Crippen molar-refractivity contribution in [3.8, 4) is 0 Å². The first-order valence-corrected chi connectivity index (χ1v) is 10.3. The van der Waals surface area contributed by atoms with E-state index >= 15 is 0 Å². The van der Waals surface area contributed by atoms with Crippen LogP contribution >= 0.6 is 0 Å². The van der Waals surface area contributed by atoms with Crippen molar-refractivity contribution in [2.45, 2.75) is 37.5 Å². The molecule has 1 heterocycles. The molecule has 126 valence electrons. The summed E-state index contributed by atoms with van der Waals surface area (Å²) in [5, 5.41) is 0. The van der Waals surface area contributed by atoms with Gasteiger partial charge in [-0.25, -0.2) is 0 Å². The maximum atomic E-state index is 12.7. The van der Waals surface area contributed by atoms with E-state index < -0.39 is 10.8 Å². The summed E-state index contributed by atoms with van der Waals surface area (Å²) in [5.41, 5.74) is 1.70. The third-order valence-corrected chi connectivity index (χ3v) is 5.73. The Morgan fingerprint density at radius 3 is 2.52 bits per heavy atom. The van der Waals surface area contributed by atoms with Crippen LogP contribution in [0, 0.1) is 0 Å². The fourth-order valence-electron chi connectivity index (χ4n) is 3.77. The molecule has 1 amide bonds. The average Bonchev–Trinajstić information content (AvgIpc) is 3.08. The van der Waals surface area contributed by atoms with E-state index in [0.29, 0.717) is 5.75 Å². The fourth-order valence-corrected chi connectivity index (χ4v) is 4.42. The molecule has 0 aromatic heterocycles. The first-order chi connectivity index (χ1) is 11.1. The van der Waals surface area contributed by atoms with Crippen molar-refractivity contribution in [3.63, 3.8) is 0 Å². The van der Waals surface area contributed by atoms with E-state index in [1.54, 1.807) is 6.26 Å². The summed E-state index contributed by atoms with van der Waals surface area (Å²) in [6.07, 6.45) is 7.05. The van der Waals surface area contributed by atoms with Crippen LogP contribution in [0.4, 0.5) is 0 Å². The lowest BCUT2D eigenvalue weighted by Gasteiger charge is -2.38. The highest BCUT2D eigenvalue weighted by atomic mass is 32.2. The van der Waals surface area contributed by atoms with E-state index in [-0.39, 0.29) is 5.91 Å². The molecule has 1 unspecified atom stereocenters. The Kier molecular flexibility index (Phi) is 5.49. The number of carbonyl (C=O) groups excluding carboxylic acids is 1. The molecule has 0 spiro atoms. The molecule has 4 nitrogen and oxygen atoms in total. The Morgan fingerprint density at radius 2 is 1.87 bits per heavy atom. The van der Waals surface area contributed by atoms with Gasteiger partial charge in [0.05, 0.1) is 0 Å². The summed E-state index contributed by atoms with van der Waals surface area (Å²) in [7, 11) is -0.881. The van der Waals surface area contributed by atoms with E-state index in [4.69, 9.17) is 0 Å². The van der Waals surface area contributed by atoms with Crippen molar-refractivity contribution in [1.29, 1.82) is 0 Å². The van der Waals surface area contributed by atoms with Crippen LogP contribution in [0.15, 0.2) is 24.3 Å². The molecule has 0 bridgehead atoms. The highest BCUT2D eigenvalue weighted by Crippen LogP contribution is 2.24. The number of hydrogen-bond acceptors (Lipinski definition) is 3. The highest BCUT2D eigenvalue weighted by Gasteiger charge is 2.28. The van der Waals surface area contributed by atoms with Crippen LogP contribution in [0.3, 0.4) is 0 Å². The first-order valence-electron chi connectivity index (χ1n) is 8.56. The summed E-state index contributed by atoms with van der Waals surface area (Å²) in [6, 6.07) is 8.34. The lowest BCUT2D eigenvalue weighted by atomic mass is 10.1. The Morgan fingerprint density at radius 1 is 1.17 bits per heavy atom. The topological polar surface area (TPSA) is 40.6 Å². The summed E-state index contributed by atoms with van der Waals surface area (Å²) in [4.78, 5) is 17.2. The Labute approximate surface area is 141 Å². The van der Waals surface area contributed by atoms with Gasteiger partial charge in [-0.3, -0.25) is 13.9 Å². The number of nitrogens with zero attached hydrogens (tertiary/aromatic N) is 2. The average molecular weight is 334 g/mol. The van der Waals surface area contributed by atoms with E-state index in [0.717, 1.165) is 43.3 Å². The second-order valence-corrected chi connectivity index (χ2v) is 8.12. The molecule has 1 atom stereocenters. The number of hydrogen-bond donors (Lipinski definition) is 0. The quantitative estimate of drug-likeness (QED) is 0.848. The van der Waals surface area contributed by atoms with Gasteiger partial charge < -0.3 is 4.90 Å². The Bertz CT molecular complexity index is 576. The van der Waals surface area contributed by atoms with Gasteiger partial charge in [0.25, 0.3) is 5.91 Å². The third kappa shape index (κ3) is 4.21. The van der Waals surface area contributed by atoms with E-state index in [1.807, 2.05) is 29.2 Å². The van der Waals surface area contributed by atoms with Crippen LogP contribution in [-0.2, 0) is 16.6 Å². The zero-order valence-electron chi connectivity index (χ0n) is 13.9. The molecule has 1 saturated carbocycles. The predicted molar refractivity (Wildman–Crippen MR) is 93.9 cm³/mol. The molecule has 1 saturated heterocycles. The molecular weight excluding hydrogens is 308 g/mol. The number of piperazine rings is 1. The third-order valence-electron chi connectivity index (χ3n) is 4.99. The van der Waals surface area contributed by atoms with E-state index in [2.05, 4.69) is 4.90 Å². The lowest BCUT2D eigenvalue weighted by Crippen LogP contribution is -2.51. The minimum Gasteiger partial charge on any atom is -0.336 e. The summed E-state index contributed by atoms with van der Waals surface area (Å²) >= 11 is 0. The van der Waals surface area contributed by atoms with Crippen LogP contribution in [0.2, 0.25) is 0 Å². The van der Waals surface area contributed by atoms with Gasteiger partial charge in [0, 0.05) is 60.6 Å². The minimum absolute atomic E-state index is 0.111. The molecule has 1 aromatic rings. The van der Waals surface area contributed by atoms with Gasteiger partial charge in [-0.2, -0.15) is 0 Å². The van der Waals surface area contributed by atoms with Gasteiger partial charge in [-0.15, -0.1) is 0 Å². The number of rotatable bonds is 4. The molecule has 2 aliphatic rings. The summed E-state index contributed by atoms with van der Waals surface area (Å²) < 4.78 is 11.4. The number of amides is 1. The molecule has 23 heavy (non-hydrogen) atoms. The largest absolute Gasteiger partial charge is 0.336 e. The van der Waals surface area contributed by atoms with Gasteiger partial charge in [0.1, 0.15) is 0 Å². The Hall–Kier alpha value is -1.20. The highest BCUT2D eigenvalue weighted by molar-refractivity contribution is 7.83. The van der Waals surface area contributed by atoms with Gasteiger partial charge in [-0.05, 0) is 30.5 Å². The maximum Gasteiger partial charge on any atom is 0.253 e. The second kappa shape index (κ2) is 7.58. The first kappa shape index (κ1) is 16.7. The molecule has 2 fully saturated rings. The lowest BCUT2D eigenvalue weighted by molar-refractivity contribution is 0.0573. The molecular formula is C18H26N2O2S. The van der Waals surface area contributed by atoms with Crippen molar-refractivity contribution < 1.29 is 9.00 Å². The van der Waals surface area contributed by atoms with Crippen molar-refractivity contribution in [2.24, 2.45) is 0 Å². The van der Waals surface area contributed by atoms with Gasteiger partial charge in [-0.1, -0.05) is 25.0 Å². The summed E-state index contributed by atoms with van der Waals surface area (Å²) in [5.74, 6) is 0.621. The van der Waals surface area contributed by atoms with Crippen LogP contribution in [0.1, 0.15) is 41.6 Å². The Balaban J connectivity index is 1.59.